The normalized spacial score (nSPS) is 23.1. The second-order valence-electron chi connectivity index (χ2n) is 5.13. The maximum Gasteiger partial charge on any atom is 0.223 e. The minimum absolute atomic E-state index is 0. The average Bonchev–Trinajstić information content (AvgIpc) is 2.46. The molecule has 2 aliphatic rings. The molecule has 7 heteroatoms. The third kappa shape index (κ3) is 4.61. The summed E-state index contributed by atoms with van der Waals surface area (Å²) in [6, 6.07) is 0.222. The number of ether oxygens (including phenoxy) is 1. The Balaban J connectivity index is 0.00000200. The molecule has 1 atom stereocenters. The van der Waals surface area contributed by atoms with Crippen molar-refractivity contribution in [2.75, 3.05) is 45.9 Å². The smallest absolute Gasteiger partial charge is 0.223 e. The van der Waals surface area contributed by atoms with E-state index >= 15 is 0 Å². The number of piperazine rings is 1. The van der Waals surface area contributed by atoms with Crippen molar-refractivity contribution < 1.29 is 14.3 Å². The monoisotopic (exact) mass is 305 g/mol. The highest BCUT2D eigenvalue weighted by molar-refractivity contribution is 5.85. The van der Waals surface area contributed by atoms with Gasteiger partial charge in [-0.2, -0.15) is 0 Å². The first kappa shape index (κ1) is 17.2. The Labute approximate surface area is 126 Å². The molecule has 6 nitrogen and oxygen atoms in total. The van der Waals surface area contributed by atoms with Crippen molar-refractivity contribution in [3.8, 4) is 0 Å². The molecule has 0 bridgehead atoms. The molecular formula is C13H24ClN3O3. The van der Waals surface area contributed by atoms with Crippen LogP contribution in [0.2, 0.25) is 0 Å². The lowest BCUT2D eigenvalue weighted by Gasteiger charge is -2.34. The molecule has 0 aromatic rings. The van der Waals surface area contributed by atoms with Gasteiger partial charge in [-0.25, -0.2) is 0 Å². The molecule has 0 aromatic heterocycles. The fourth-order valence-corrected chi connectivity index (χ4v) is 2.54. The molecule has 0 aromatic carbocycles. The van der Waals surface area contributed by atoms with E-state index in [9.17, 15) is 9.59 Å². The molecule has 1 N–H and O–H groups in total. The first-order valence-electron chi connectivity index (χ1n) is 7.04. The van der Waals surface area contributed by atoms with Crippen LogP contribution in [0.4, 0.5) is 0 Å². The van der Waals surface area contributed by atoms with Crippen molar-refractivity contribution >= 4 is 24.2 Å². The van der Waals surface area contributed by atoms with E-state index in [0.717, 1.165) is 19.6 Å². The van der Waals surface area contributed by atoms with Gasteiger partial charge in [-0.1, -0.05) is 0 Å². The summed E-state index contributed by atoms with van der Waals surface area (Å²) in [5, 5.41) is 3.25. The quantitative estimate of drug-likeness (QED) is 0.789. The number of amides is 2. The first-order valence-corrected chi connectivity index (χ1v) is 7.04. The Morgan fingerprint density at radius 3 is 2.45 bits per heavy atom. The minimum atomic E-state index is 0. The van der Waals surface area contributed by atoms with Crippen LogP contribution in [0.25, 0.3) is 0 Å². The molecule has 0 spiro atoms. The molecule has 2 aliphatic heterocycles. The lowest BCUT2D eigenvalue weighted by molar-refractivity contribution is -0.140. The summed E-state index contributed by atoms with van der Waals surface area (Å²) in [5.41, 5.74) is 0. The molecule has 2 heterocycles. The summed E-state index contributed by atoms with van der Waals surface area (Å²) in [6.07, 6.45) is 0.635. The Kier molecular flexibility index (Phi) is 7.26. The van der Waals surface area contributed by atoms with Crippen molar-refractivity contribution in [2.24, 2.45) is 0 Å². The van der Waals surface area contributed by atoms with Gasteiger partial charge < -0.3 is 19.9 Å². The molecule has 2 saturated heterocycles. The summed E-state index contributed by atoms with van der Waals surface area (Å²) >= 11 is 0. The van der Waals surface area contributed by atoms with E-state index in [0.29, 0.717) is 39.1 Å². The van der Waals surface area contributed by atoms with Gasteiger partial charge in [0.05, 0.1) is 13.2 Å². The molecular weight excluding hydrogens is 282 g/mol. The molecule has 2 amide bonds. The van der Waals surface area contributed by atoms with Gasteiger partial charge in [0.25, 0.3) is 0 Å². The van der Waals surface area contributed by atoms with E-state index in [1.807, 2.05) is 11.8 Å². The largest absolute Gasteiger partial charge is 0.378 e. The van der Waals surface area contributed by atoms with Gasteiger partial charge in [0, 0.05) is 51.6 Å². The Morgan fingerprint density at radius 2 is 1.80 bits per heavy atom. The minimum Gasteiger partial charge on any atom is -0.378 e. The zero-order valence-electron chi connectivity index (χ0n) is 12.0. The first-order chi connectivity index (χ1) is 9.18. The number of nitrogens with zero attached hydrogens (tertiary/aromatic N) is 2. The lowest BCUT2D eigenvalue weighted by Crippen LogP contribution is -2.52. The highest BCUT2D eigenvalue weighted by Gasteiger charge is 2.24. The third-order valence-corrected chi connectivity index (χ3v) is 3.74. The average molecular weight is 306 g/mol. The summed E-state index contributed by atoms with van der Waals surface area (Å²) in [6.45, 7) is 6.97. The number of nitrogens with one attached hydrogen (secondary N) is 1. The fourth-order valence-electron chi connectivity index (χ4n) is 2.54. The van der Waals surface area contributed by atoms with Gasteiger partial charge in [-0.05, 0) is 6.92 Å². The molecule has 116 valence electrons. The predicted octanol–water partition coefficient (Wildman–Crippen LogP) is -0.132. The number of hydrogen-bond donors (Lipinski definition) is 1. The van der Waals surface area contributed by atoms with Crippen LogP contribution in [0.15, 0.2) is 0 Å². The third-order valence-electron chi connectivity index (χ3n) is 3.74. The molecule has 2 fully saturated rings. The predicted molar refractivity (Wildman–Crippen MR) is 77.9 cm³/mol. The van der Waals surface area contributed by atoms with Gasteiger partial charge in [0.2, 0.25) is 11.8 Å². The topological polar surface area (TPSA) is 61.9 Å². The maximum absolute atomic E-state index is 12.1. The zero-order valence-corrected chi connectivity index (χ0v) is 12.8. The van der Waals surface area contributed by atoms with Crippen LogP contribution < -0.4 is 5.32 Å². The van der Waals surface area contributed by atoms with Crippen LogP contribution in [0.5, 0.6) is 0 Å². The van der Waals surface area contributed by atoms with E-state index in [1.54, 1.807) is 4.90 Å². The molecule has 20 heavy (non-hydrogen) atoms. The molecule has 0 unspecified atom stereocenters. The fraction of sp³-hybridized carbons (Fsp3) is 0.846. The number of rotatable bonds is 3. The highest BCUT2D eigenvalue weighted by atomic mass is 35.5. The highest BCUT2D eigenvalue weighted by Crippen LogP contribution is 2.08. The van der Waals surface area contributed by atoms with E-state index in [1.165, 1.54) is 0 Å². The SMILES string of the molecule is C[C@@H]1CNCCN1C(=O)CCC(=O)N1CCOCC1.Cl. The second-order valence-corrected chi connectivity index (χ2v) is 5.13. The van der Waals surface area contributed by atoms with Gasteiger partial charge in [-0.3, -0.25) is 9.59 Å². The summed E-state index contributed by atoms with van der Waals surface area (Å²) in [7, 11) is 0. The standard InChI is InChI=1S/C13H23N3O3.ClH/c1-11-10-14-4-5-16(11)13(18)3-2-12(17)15-6-8-19-9-7-15;/h11,14H,2-10H2,1H3;1H/t11-;/m1./s1. The van der Waals surface area contributed by atoms with E-state index in [4.69, 9.17) is 4.74 Å². The van der Waals surface area contributed by atoms with Crippen LogP contribution >= 0.6 is 12.4 Å². The summed E-state index contributed by atoms with van der Waals surface area (Å²) in [4.78, 5) is 27.7. The van der Waals surface area contributed by atoms with E-state index < -0.39 is 0 Å². The van der Waals surface area contributed by atoms with Gasteiger partial charge in [0.1, 0.15) is 0 Å². The van der Waals surface area contributed by atoms with E-state index in [2.05, 4.69) is 5.32 Å². The van der Waals surface area contributed by atoms with Crippen LogP contribution in [-0.2, 0) is 14.3 Å². The second kappa shape index (κ2) is 8.44. The van der Waals surface area contributed by atoms with Crippen LogP contribution in [0.1, 0.15) is 19.8 Å². The zero-order chi connectivity index (χ0) is 13.7. The lowest BCUT2D eigenvalue weighted by atomic mass is 10.1. The van der Waals surface area contributed by atoms with Crippen LogP contribution in [0.3, 0.4) is 0 Å². The molecule has 0 radical (unpaired) electrons. The van der Waals surface area contributed by atoms with Crippen molar-refractivity contribution in [1.82, 2.24) is 15.1 Å². The van der Waals surface area contributed by atoms with Crippen molar-refractivity contribution in [1.29, 1.82) is 0 Å². The van der Waals surface area contributed by atoms with E-state index in [-0.39, 0.29) is 30.3 Å². The molecule has 2 rings (SSSR count). The Bertz CT molecular complexity index is 335. The van der Waals surface area contributed by atoms with Crippen molar-refractivity contribution in [3.63, 3.8) is 0 Å². The molecule has 0 aliphatic carbocycles. The van der Waals surface area contributed by atoms with Crippen LogP contribution in [-0.4, -0.2) is 73.6 Å². The summed E-state index contributed by atoms with van der Waals surface area (Å²) in [5.74, 6) is 0.162. The number of hydrogen-bond acceptors (Lipinski definition) is 4. The molecule has 0 saturated carbocycles. The Hall–Kier alpha value is -0.850. The van der Waals surface area contributed by atoms with Gasteiger partial charge in [-0.15, -0.1) is 12.4 Å². The van der Waals surface area contributed by atoms with Crippen molar-refractivity contribution in [2.45, 2.75) is 25.8 Å². The maximum atomic E-state index is 12.1. The Morgan fingerprint density at radius 1 is 1.15 bits per heavy atom. The number of carbonyl (C=O) groups is 2. The van der Waals surface area contributed by atoms with Crippen LogP contribution in [0, 0.1) is 0 Å². The van der Waals surface area contributed by atoms with Crippen molar-refractivity contribution in [3.05, 3.63) is 0 Å². The van der Waals surface area contributed by atoms with Gasteiger partial charge >= 0.3 is 0 Å². The number of morpholine rings is 1. The van der Waals surface area contributed by atoms with Gasteiger partial charge in [0.15, 0.2) is 0 Å². The summed E-state index contributed by atoms with van der Waals surface area (Å²) < 4.78 is 5.21. The number of carbonyl (C=O) groups excluding carboxylic acids is 2. The number of halogens is 1.